The molecule has 19 heavy (non-hydrogen) atoms. The monoisotopic (exact) mass is 266 g/mol. The largest absolute Gasteiger partial charge is 0.481 e. The normalized spacial score (nSPS) is 19.6. The van der Waals surface area contributed by atoms with Crippen molar-refractivity contribution >= 4 is 12.0 Å². The van der Waals surface area contributed by atoms with E-state index in [0.717, 1.165) is 12.8 Å². The number of carboxylic acids is 1. The van der Waals surface area contributed by atoms with Crippen molar-refractivity contribution in [3.8, 4) is 12.3 Å². The van der Waals surface area contributed by atoms with Crippen LogP contribution in [0.4, 0.5) is 4.79 Å². The quantitative estimate of drug-likeness (QED) is 0.761. The number of rotatable bonds is 4. The van der Waals surface area contributed by atoms with E-state index in [1.54, 1.807) is 18.7 Å². The Bertz CT molecular complexity index is 385. The SMILES string of the molecule is C#CC(C)(C)NC(=O)N1CCCC(CCC(=O)O)C1. The van der Waals surface area contributed by atoms with Crippen LogP contribution in [0.25, 0.3) is 0 Å². The number of urea groups is 1. The Hall–Kier alpha value is -1.70. The molecular weight excluding hydrogens is 244 g/mol. The van der Waals surface area contributed by atoms with Crippen LogP contribution in [0, 0.1) is 18.3 Å². The molecule has 1 atom stereocenters. The fraction of sp³-hybridized carbons (Fsp3) is 0.714. The van der Waals surface area contributed by atoms with Gasteiger partial charge in [-0.1, -0.05) is 5.92 Å². The molecule has 1 saturated heterocycles. The van der Waals surface area contributed by atoms with E-state index in [1.165, 1.54) is 0 Å². The Morgan fingerprint density at radius 3 is 2.79 bits per heavy atom. The summed E-state index contributed by atoms with van der Waals surface area (Å²) < 4.78 is 0. The summed E-state index contributed by atoms with van der Waals surface area (Å²) >= 11 is 0. The van der Waals surface area contributed by atoms with Crippen LogP contribution in [-0.2, 0) is 4.79 Å². The third kappa shape index (κ3) is 5.21. The Labute approximate surface area is 114 Å². The number of carbonyl (C=O) groups is 2. The minimum absolute atomic E-state index is 0.163. The molecule has 5 heteroatoms. The molecule has 2 amide bonds. The standard InChI is InChI=1S/C14H22N2O3/c1-4-14(2,3)15-13(19)16-9-5-6-11(10-16)7-8-12(17)18/h1,11H,5-10H2,2-3H3,(H,15,19)(H,17,18). The molecule has 1 fully saturated rings. The average molecular weight is 266 g/mol. The van der Waals surface area contributed by atoms with Crippen LogP contribution < -0.4 is 5.32 Å². The number of aliphatic carboxylic acids is 1. The highest BCUT2D eigenvalue weighted by Gasteiger charge is 2.26. The second kappa shape index (κ2) is 6.46. The van der Waals surface area contributed by atoms with E-state index in [-0.39, 0.29) is 18.4 Å². The maximum Gasteiger partial charge on any atom is 0.318 e. The van der Waals surface area contributed by atoms with Crippen molar-refractivity contribution in [2.75, 3.05) is 13.1 Å². The summed E-state index contributed by atoms with van der Waals surface area (Å²) in [4.78, 5) is 24.4. The topological polar surface area (TPSA) is 69.6 Å². The van der Waals surface area contributed by atoms with Crippen molar-refractivity contribution in [1.82, 2.24) is 10.2 Å². The van der Waals surface area contributed by atoms with Gasteiger partial charge in [-0.25, -0.2) is 4.79 Å². The van der Waals surface area contributed by atoms with Gasteiger partial charge in [-0.3, -0.25) is 4.79 Å². The average Bonchev–Trinajstić information content (AvgIpc) is 2.36. The molecule has 0 radical (unpaired) electrons. The molecule has 0 aromatic heterocycles. The van der Waals surface area contributed by atoms with E-state index in [4.69, 9.17) is 11.5 Å². The second-order valence-electron chi connectivity index (χ2n) is 5.59. The molecule has 2 N–H and O–H groups in total. The van der Waals surface area contributed by atoms with Crippen LogP contribution in [0.15, 0.2) is 0 Å². The van der Waals surface area contributed by atoms with E-state index in [9.17, 15) is 9.59 Å². The third-order valence-electron chi connectivity index (χ3n) is 3.35. The minimum Gasteiger partial charge on any atom is -0.481 e. The molecule has 106 valence electrons. The Balaban J connectivity index is 2.48. The van der Waals surface area contributed by atoms with Crippen LogP contribution in [0.3, 0.4) is 0 Å². The first-order valence-corrected chi connectivity index (χ1v) is 6.60. The van der Waals surface area contributed by atoms with Crippen molar-refractivity contribution in [3.63, 3.8) is 0 Å². The number of carboxylic acid groups (broad SMARTS) is 1. The fourth-order valence-electron chi connectivity index (χ4n) is 2.20. The smallest absolute Gasteiger partial charge is 0.318 e. The highest BCUT2D eigenvalue weighted by atomic mass is 16.4. The van der Waals surface area contributed by atoms with Gasteiger partial charge in [0.05, 0.1) is 5.54 Å². The predicted molar refractivity (Wildman–Crippen MR) is 72.6 cm³/mol. The van der Waals surface area contributed by atoms with Gasteiger partial charge in [0, 0.05) is 19.5 Å². The van der Waals surface area contributed by atoms with Crippen molar-refractivity contribution in [2.24, 2.45) is 5.92 Å². The van der Waals surface area contributed by atoms with Crippen LogP contribution >= 0.6 is 0 Å². The number of piperidine rings is 1. The van der Waals surface area contributed by atoms with E-state index < -0.39 is 11.5 Å². The summed E-state index contributed by atoms with van der Waals surface area (Å²) in [6.45, 7) is 4.86. The van der Waals surface area contributed by atoms with Gasteiger partial charge in [-0.05, 0) is 39.0 Å². The Morgan fingerprint density at radius 1 is 1.53 bits per heavy atom. The summed E-state index contributed by atoms with van der Waals surface area (Å²) in [5.41, 5.74) is -0.662. The predicted octanol–water partition coefficient (Wildman–Crippen LogP) is 1.68. The van der Waals surface area contributed by atoms with Crippen LogP contribution in [0.2, 0.25) is 0 Å². The van der Waals surface area contributed by atoms with Crippen molar-refractivity contribution < 1.29 is 14.7 Å². The van der Waals surface area contributed by atoms with E-state index >= 15 is 0 Å². The lowest BCUT2D eigenvalue weighted by molar-refractivity contribution is -0.137. The molecule has 0 bridgehead atoms. The third-order valence-corrected chi connectivity index (χ3v) is 3.35. The number of hydrogen-bond acceptors (Lipinski definition) is 2. The van der Waals surface area contributed by atoms with Gasteiger partial charge < -0.3 is 15.3 Å². The van der Waals surface area contributed by atoms with Crippen LogP contribution in [-0.4, -0.2) is 40.6 Å². The number of terminal acetylenes is 1. The van der Waals surface area contributed by atoms with Crippen LogP contribution in [0.5, 0.6) is 0 Å². The number of carbonyl (C=O) groups excluding carboxylic acids is 1. The molecule has 0 aromatic carbocycles. The summed E-state index contributed by atoms with van der Waals surface area (Å²) in [5, 5.41) is 11.5. The molecule has 5 nitrogen and oxygen atoms in total. The highest BCUT2D eigenvalue weighted by molar-refractivity contribution is 5.75. The summed E-state index contributed by atoms with van der Waals surface area (Å²) in [5.74, 6) is 2.01. The zero-order chi connectivity index (χ0) is 14.5. The number of nitrogens with zero attached hydrogens (tertiary/aromatic N) is 1. The number of nitrogens with one attached hydrogen (secondary N) is 1. The zero-order valence-corrected chi connectivity index (χ0v) is 11.6. The Morgan fingerprint density at radius 2 is 2.21 bits per heavy atom. The summed E-state index contributed by atoms with van der Waals surface area (Å²) in [7, 11) is 0. The number of likely N-dealkylation sites (tertiary alicyclic amines) is 1. The lowest BCUT2D eigenvalue weighted by Crippen LogP contribution is -2.52. The molecule has 0 aromatic rings. The molecule has 0 aliphatic carbocycles. The molecule has 1 rings (SSSR count). The first kappa shape index (κ1) is 15.4. The molecule has 1 aliphatic heterocycles. The molecule has 0 spiro atoms. The first-order valence-electron chi connectivity index (χ1n) is 6.60. The highest BCUT2D eigenvalue weighted by Crippen LogP contribution is 2.21. The van der Waals surface area contributed by atoms with Crippen LogP contribution in [0.1, 0.15) is 39.5 Å². The number of hydrogen-bond donors (Lipinski definition) is 2. The Kier molecular flexibility index (Phi) is 5.22. The van der Waals surface area contributed by atoms with Gasteiger partial charge >= 0.3 is 12.0 Å². The van der Waals surface area contributed by atoms with Crippen molar-refractivity contribution in [3.05, 3.63) is 0 Å². The van der Waals surface area contributed by atoms with Crippen molar-refractivity contribution in [2.45, 2.75) is 45.1 Å². The van der Waals surface area contributed by atoms with Gasteiger partial charge in [0.15, 0.2) is 0 Å². The van der Waals surface area contributed by atoms with Gasteiger partial charge in [0.1, 0.15) is 0 Å². The first-order chi connectivity index (χ1) is 8.84. The van der Waals surface area contributed by atoms with E-state index in [2.05, 4.69) is 11.2 Å². The molecule has 1 heterocycles. The van der Waals surface area contributed by atoms with Crippen molar-refractivity contribution in [1.29, 1.82) is 0 Å². The maximum absolute atomic E-state index is 12.1. The summed E-state index contributed by atoms with van der Waals surface area (Å²) in [6.07, 6.45) is 8.02. The van der Waals surface area contributed by atoms with E-state index in [1.807, 2.05) is 0 Å². The molecular formula is C14H22N2O3. The van der Waals surface area contributed by atoms with Gasteiger partial charge in [-0.15, -0.1) is 6.42 Å². The fourth-order valence-corrected chi connectivity index (χ4v) is 2.20. The molecule has 1 aliphatic rings. The summed E-state index contributed by atoms with van der Waals surface area (Å²) in [6, 6.07) is -0.164. The minimum atomic E-state index is -0.782. The van der Waals surface area contributed by atoms with Gasteiger partial charge in [0.25, 0.3) is 0 Å². The molecule has 0 saturated carbocycles. The van der Waals surface area contributed by atoms with Gasteiger partial charge in [-0.2, -0.15) is 0 Å². The van der Waals surface area contributed by atoms with Gasteiger partial charge in [0.2, 0.25) is 0 Å². The van der Waals surface area contributed by atoms with E-state index in [0.29, 0.717) is 19.5 Å². The number of amides is 2. The molecule has 1 unspecified atom stereocenters. The second-order valence-corrected chi connectivity index (χ2v) is 5.59. The maximum atomic E-state index is 12.1. The zero-order valence-electron chi connectivity index (χ0n) is 11.6. The lowest BCUT2D eigenvalue weighted by Gasteiger charge is -2.34. The lowest BCUT2D eigenvalue weighted by atomic mass is 9.93.